The molecule has 0 aliphatic heterocycles. The Morgan fingerprint density at radius 2 is 1.67 bits per heavy atom. The van der Waals surface area contributed by atoms with Crippen LogP contribution >= 0.6 is 11.3 Å². The van der Waals surface area contributed by atoms with Crippen LogP contribution in [-0.2, 0) is 9.84 Å². The fourth-order valence-corrected chi connectivity index (χ4v) is 5.14. The number of benzene rings is 2. The molecule has 0 spiro atoms. The highest BCUT2D eigenvalue weighted by Crippen LogP contribution is 2.34. The minimum absolute atomic E-state index is 0.131. The molecule has 2 aromatic carbocycles. The Balaban J connectivity index is 2.19. The number of nitrogens with one attached hydrogen (secondary N) is 1. The van der Waals surface area contributed by atoms with E-state index in [9.17, 15) is 8.42 Å². The Bertz CT molecular complexity index is 1020. The van der Waals surface area contributed by atoms with Gasteiger partial charge in [-0.05, 0) is 30.2 Å². The van der Waals surface area contributed by atoms with Gasteiger partial charge in [0.25, 0.3) is 0 Å². The van der Waals surface area contributed by atoms with Crippen molar-refractivity contribution in [3.8, 4) is 11.1 Å². The zero-order valence-electron chi connectivity index (χ0n) is 13.0. The van der Waals surface area contributed by atoms with Gasteiger partial charge in [-0.25, -0.2) is 8.42 Å². The number of rotatable bonds is 4. The molecular weight excluding hydrogens is 340 g/mol. The van der Waals surface area contributed by atoms with E-state index in [1.165, 1.54) is 11.4 Å². The van der Waals surface area contributed by atoms with Crippen LogP contribution in [0.25, 0.3) is 11.1 Å². The van der Waals surface area contributed by atoms with Crippen molar-refractivity contribution in [3.63, 3.8) is 0 Å². The summed E-state index contributed by atoms with van der Waals surface area (Å²) in [4.78, 5) is 0.868. The fraction of sp³-hybridized carbons (Fsp3) is 0.0556. The number of aryl methyl sites for hydroxylation is 1. The maximum atomic E-state index is 13.1. The molecule has 1 heterocycles. The van der Waals surface area contributed by atoms with Gasteiger partial charge in [0.2, 0.25) is 9.84 Å². The molecule has 6 heteroatoms. The van der Waals surface area contributed by atoms with Crippen LogP contribution in [0.5, 0.6) is 0 Å². The normalized spacial score (nSPS) is 11.4. The number of amidine groups is 1. The third-order valence-corrected chi connectivity index (χ3v) is 6.67. The molecule has 0 aliphatic rings. The summed E-state index contributed by atoms with van der Waals surface area (Å²) >= 11 is 1.16. The average Bonchev–Trinajstić information content (AvgIpc) is 3.06. The second kappa shape index (κ2) is 6.22. The Kier molecular flexibility index (Phi) is 4.26. The van der Waals surface area contributed by atoms with Crippen molar-refractivity contribution in [2.45, 2.75) is 16.7 Å². The Labute approximate surface area is 145 Å². The first-order chi connectivity index (χ1) is 11.4. The molecule has 0 bridgehead atoms. The number of sulfone groups is 1. The van der Waals surface area contributed by atoms with Crippen molar-refractivity contribution < 1.29 is 8.42 Å². The molecule has 0 fully saturated rings. The van der Waals surface area contributed by atoms with E-state index in [0.717, 1.165) is 22.5 Å². The van der Waals surface area contributed by atoms with Crippen LogP contribution in [0.15, 0.2) is 69.8 Å². The second-order valence-electron chi connectivity index (χ2n) is 5.37. The molecule has 122 valence electrons. The summed E-state index contributed by atoms with van der Waals surface area (Å²) < 4.78 is 26.1. The molecule has 0 aliphatic carbocycles. The van der Waals surface area contributed by atoms with Crippen LogP contribution in [0.3, 0.4) is 0 Å². The molecule has 0 saturated carbocycles. The van der Waals surface area contributed by atoms with Crippen LogP contribution < -0.4 is 5.73 Å². The SMILES string of the molecule is Cc1ccccc1-c1ccccc1S(=O)(=O)c1csc(C(=N)N)c1. The van der Waals surface area contributed by atoms with Gasteiger partial charge in [0.1, 0.15) is 5.84 Å². The van der Waals surface area contributed by atoms with Crippen molar-refractivity contribution >= 4 is 27.0 Å². The Hall–Kier alpha value is -2.44. The second-order valence-corrected chi connectivity index (χ2v) is 8.20. The van der Waals surface area contributed by atoms with Gasteiger partial charge in [-0.3, -0.25) is 5.41 Å². The lowest BCUT2D eigenvalue weighted by atomic mass is 10.0. The third kappa shape index (κ3) is 2.86. The van der Waals surface area contributed by atoms with Crippen molar-refractivity contribution in [1.82, 2.24) is 0 Å². The van der Waals surface area contributed by atoms with E-state index in [1.807, 2.05) is 43.3 Å². The summed E-state index contributed by atoms with van der Waals surface area (Å²) in [5, 5.41) is 8.98. The van der Waals surface area contributed by atoms with Gasteiger partial charge in [0.05, 0.1) is 14.7 Å². The highest BCUT2D eigenvalue weighted by molar-refractivity contribution is 7.91. The van der Waals surface area contributed by atoms with E-state index in [2.05, 4.69) is 0 Å². The molecule has 4 nitrogen and oxygen atoms in total. The average molecular weight is 356 g/mol. The van der Waals surface area contributed by atoms with Crippen molar-refractivity contribution in [3.05, 3.63) is 70.4 Å². The first-order valence-corrected chi connectivity index (χ1v) is 9.60. The molecule has 0 unspecified atom stereocenters. The minimum Gasteiger partial charge on any atom is -0.383 e. The lowest BCUT2D eigenvalue weighted by molar-refractivity contribution is 0.596. The zero-order chi connectivity index (χ0) is 17.3. The molecule has 0 amide bonds. The molecule has 3 N–H and O–H groups in total. The number of hydrogen-bond acceptors (Lipinski definition) is 4. The molecule has 1 aromatic heterocycles. The highest BCUT2D eigenvalue weighted by Gasteiger charge is 2.23. The summed E-state index contributed by atoms with van der Waals surface area (Å²) in [6.07, 6.45) is 0. The lowest BCUT2D eigenvalue weighted by Gasteiger charge is -2.12. The number of nitrogens with two attached hydrogens (primary N) is 1. The lowest BCUT2D eigenvalue weighted by Crippen LogP contribution is -2.09. The van der Waals surface area contributed by atoms with Crippen LogP contribution in [0.1, 0.15) is 10.4 Å². The van der Waals surface area contributed by atoms with E-state index in [1.54, 1.807) is 12.1 Å². The molecular formula is C18H16N2O2S2. The fourth-order valence-electron chi connectivity index (χ4n) is 2.53. The van der Waals surface area contributed by atoms with Gasteiger partial charge in [-0.2, -0.15) is 0 Å². The van der Waals surface area contributed by atoms with Crippen molar-refractivity contribution in [1.29, 1.82) is 5.41 Å². The van der Waals surface area contributed by atoms with Crippen molar-refractivity contribution in [2.75, 3.05) is 0 Å². The van der Waals surface area contributed by atoms with E-state index in [4.69, 9.17) is 11.1 Å². The number of hydrogen-bond donors (Lipinski definition) is 2. The monoisotopic (exact) mass is 356 g/mol. The molecule has 0 saturated heterocycles. The highest BCUT2D eigenvalue weighted by atomic mass is 32.2. The van der Waals surface area contributed by atoms with E-state index in [-0.39, 0.29) is 15.6 Å². The summed E-state index contributed by atoms with van der Waals surface area (Å²) in [7, 11) is -3.69. The number of thiophene rings is 1. The Morgan fingerprint density at radius 3 is 2.29 bits per heavy atom. The van der Waals surface area contributed by atoms with Crippen LogP contribution in [0.4, 0.5) is 0 Å². The predicted molar refractivity (Wildman–Crippen MR) is 97.4 cm³/mol. The van der Waals surface area contributed by atoms with E-state index in [0.29, 0.717) is 10.4 Å². The first kappa shape index (κ1) is 16.4. The maximum absolute atomic E-state index is 13.1. The summed E-state index contributed by atoms with van der Waals surface area (Å²) in [6.45, 7) is 1.96. The van der Waals surface area contributed by atoms with Crippen molar-refractivity contribution in [2.24, 2.45) is 5.73 Å². The van der Waals surface area contributed by atoms with Gasteiger partial charge >= 0.3 is 0 Å². The molecule has 24 heavy (non-hydrogen) atoms. The summed E-state index contributed by atoms with van der Waals surface area (Å²) in [5.41, 5.74) is 8.02. The largest absolute Gasteiger partial charge is 0.383 e. The van der Waals surface area contributed by atoms with Crippen LogP contribution in [0, 0.1) is 12.3 Å². The predicted octanol–water partition coefficient (Wildman–Crippen LogP) is 3.84. The first-order valence-electron chi connectivity index (χ1n) is 7.24. The van der Waals surface area contributed by atoms with E-state index < -0.39 is 9.84 Å². The third-order valence-electron chi connectivity index (χ3n) is 3.76. The van der Waals surface area contributed by atoms with Gasteiger partial charge in [0.15, 0.2) is 0 Å². The molecule has 3 rings (SSSR count). The summed E-state index contributed by atoms with van der Waals surface area (Å²) in [6, 6.07) is 16.1. The zero-order valence-corrected chi connectivity index (χ0v) is 14.6. The number of nitrogen functional groups attached to an aromatic ring is 1. The van der Waals surface area contributed by atoms with Crippen LogP contribution in [0.2, 0.25) is 0 Å². The minimum atomic E-state index is -3.69. The molecule has 3 aromatic rings. The smallest absolute Gasteiger partial charge is 0.208 e. The van der Waals surface area contributed by atoms with E-state index >= 15 is 0 Å². The molecule has 0 radical (unpaired) electrons. The summed E-state index contributed by atoms with van der Waals surface area (Å²) in [5.74, 6) is -0.131. The topological polar surface area (TPSA) is 84.0 Å². The van der Waals surface area contributed by atoms with Gasteiger partial charge in [-0.15, -0.1) is 11.3 Å². The Morgan fingerprint density at radius 1 is 1.04 bits per heavy atom. The van der Waals surface area contributed by atoms with Crippen LogP contribution in [-0.4, -0.2) is 14.3 Å². The molecule has 0 atom stereocenters. The standard InChI is InChI=1S/C18H16N2O2S2/c1-12-6-2-3-7-14(12)15-8-4-5-9-17(15)24(21,22)13-10-16(18(19)20)23-11-13/h2-11H,1H3,(H3,19,20). The van der Waals surface area contributed by atoms with Gasteiger partial charge in [-0.1, -0.05) is 42.5 Å². The maximum Gasteiger partial charge on any atom is 0.208 e. The van der Waals surface area contributed by atoms with Gasteiger partial charge in [0, 0.05) is 10.9 Å². The van der Waals surface area contributed by atoms with Gasteiger partial charge < -0.3 is 5.73 Å². The quantitative estimate of drug-likeness (QED) is 0.550.